The number of carbonyl (C=O) groups excluding carboxylic acids is 1. The van der Waals surface area contributed by atoms with Crippen LogP contribution in [0.25, 0.3) is 0 Å². The van der Waals surface area contributed by atoms with Gasteiger partial charge < -0.3 is 0 Å². The summed E-state index contributed by atoms with van der Waals surface area (Å²) in [6.45, 7) is 8.22. The molecule has 0 aromatic heterocycles. The molecule has 0 radical (unpaired) electrons. The molecule has 1 heterocycles. The van der Waals surface area contributed by atoms with Gasteiger partial charge in [0.25, 0.3) is 0 Å². The number of carbonyl (C=O) groups is 1. The monoisotopic (exact) mass is 155 g/mol. The zero-order chi connectivity index (χ0) is 8.48. The fraction of sp³-hybridized carbons (Fsp3) is 0.889. The van der Waals surface area contributed by atoms with Crippen LogP contribution in [-0.2, 0) is 4.79 Å². The van der Waals surface area contributed by atoms with Crippen LogP contribution < -0.4 is 0 Å². The van der Waals surface area contributed by atoms with E-state index in [9.17, 15) is 4.79 Å². The Kier molecular flexibility index (Phi) is 2.33. The van der Waals surface area contributed by atoms with Crippen molar-refractivity contribution in [3.05, 3.63) is 0 Å². The molecule has 1 aliphatic rings. The number of nitrogens with zero attached hydrogens (tertiary/aromatic N) is 1. The molecule has 0 spiro atoms. The second-order valence-corrected chi connectivity index (χ2v) is 3.72. The van der Waals surface area contributed by atoms with Gasteiger partial charge in [0, 0.05) is 13.0 Å². The topological polar surface area (TPSA) is 20.3 Å². The molecule has 0 unspecified atom stereocenters. The van der Waals surface area contributed by atoms with E-state index in [4.69, 9.17) is 0 Å². The van der Waals surface area contributed by atoms with Crippen LogP contribution in [0.1, 0.15) is 33.6 Å². The average Bonchev–Trinajstić information content (AvgIpc) is 2.16. The van der Waals surface area contributed by atoms with Gasteiger partial charge in [0.2, 0.25) is 0 Å². The highest BCUT2D eigenvalue weighted by molar-refractivity contribution is 5.89. The number of hydrogen-bond acceptors (Lipinski definition) is 2. The highest BCUT2D eigenvalue weighted by atomic mass is 16.1. The number of Topliss-reactive ketones (excluding diaryl/α,β-unsaturated/α-hetero) is 1. The summed E-state index contributed by atoms with van der Waals surface area (Å²) < 4.78 is 0. The lowest BCUT2D eigenvalue weighted by molar-refractivity contribution is -0.123. The normalized spacial score (nSPS) is 24.5. The quantitative estimate of drug-likeness (QED) is 0.601. The molecule has 64 valence electrons. The largest absolute Gasteiger partial charge is 0.298 e. The van der Waals surface area contributed by atoms with Gasteiger partial charge in [0.1, 0.15) is 0 Å². The molecular weight excluding hydrogens is 138 g/mol. The van der Waals surface area contributed by atoms with Crippen LogP contribution >= 0.6 is 0 Å². The van der Waals surface area contributed by atoms with Crippen LogP contribution in [0.2, 0.25) is 0 Å². The number of likely N-dealkylation sites (tertiary alicyclic amines) is 1. The van der Waals surface area contributed by atoms with Crippen molar-refractivity contribution >= 4 is 5.78 Å². The van der Waals surface area contributed by atoms with Gasteiger partial charge in [-0.1, -0.05) is 6.92 Å². The Morgan fingerprint density at radius 3 is 2.55 bits per heavy atom. The molecule has 2 nitrogen and oxygen atoms in total. The van der Waals surface area contributed by atoms with Gasteiger partial charge in [0.05, 0.1) is 5.54 Å². The maximum absolute atomic E-state index is 11.3. The van der Waals surface area contributed by atoms with Crippen molar-refractivity contribution in [1.29, 1.82) is 0 Å². The second-order valence-electron chi connectivity index (χ2n) is 3.72. The third-order valence-electron chi connectivity index (χ3n) is 2.58. The molecule has 0 aromatic rings. The van der Waals surface area contributed by atoms with Crippen LogP contribution in [0.5, 0.6) is 0 Å². The minimum absolute atomic E-state index is 0.185. The molecule has 0 N–H and O–H groups in total. The van der Waals surface area contributed by atoms with Crippen molar-refractivity contribution in [2.45, 2.75) is 39.2 Å². The minimum atomic E-state index is -0.185. The van der Waals surface area contributed by atoms with E-state index < -0.39 is 0 Å². The fourth-order valence-corrected chi connectivity index (χ4v) is 1.66. The van der Waals surface area contributed by atoms with Crippen LogP contribution in [0, 0.1) is 0 Å². The van der Waals surface area contributed by atoms with Crippen molar-refractivity contribution in [3.8, 4) is 0 Å². The van der Waals surface area contributed by atoms with Crippen molar-refractivity contribution < 1.29 is 4.79 Å². The Morgan fingerprint density at radius 2 is 2.18 bits per heavy atom. The van der Waals surface area contributed by atoms with Crippen molar-refractivity contribution in [3.63, 3.8) is 0 Å². The first kappa shape index (κ1) is 8.72. The number of rotatable bonds is 2. The summed E-state index contributed by atoms with van der Waals surface area (Å²) in [6.07, 6.45) is 1.88. The predicted octanol–water partition coefficient (Wildman–Crippen LogP) is 1.45. The Hall–Kier alpha value is -0.370. The summed E-state index contributed by atoms with van der Waals surface area (Å²) in [5.41, 5.74) is -0.185. The molecular formula is C9H17NO. The SMILES string of the molecule is CCCN1CCC(=O)C1(C)C. The van der Waals surface area contributed by atoms with Gasteiger partial charge in [-0.05, 0) is 26.8 Å². The van der Waals surface area contributed by atoms with Gasteiger partial charge in [-0.3, -0.25) is 9.69 Å². The van der Waals surface area contributed by atoms with Crippen LogP contribution in [0.15, 0.2) is 0 Å². The van der Waals surface area contributed by atoms with E-state index in [2.05, 4.69) is 11.8 Å². The van der Waals surface area contributed by atoms with E-state index in [0.29, 0.717) is 5.78 Å². The molecule has 11 heavy (non-hydrogen) atoms. The third-order valence-corrected chi connectivity index (χ3v) is 2.58. The van der Waals surface area contributed by atoms with Crippen LogP contribution in [0.4, 0.5) is 0 Å². The molecule has 2 heteroatoms. The summed E-state index contributed by atoms with van der Waals surface area (Å²) in [7, 11) is 0. The number of ketones is 1. The van der Waals surface area contributed by atoms with Crippen molar-refractivity contribution in [2.24, 2.45) is 0 Å². The standard InChI is InChI=1S/C9H17NO/c1-4-6-10-7-5-8(11)9(10,2)3/h4-7H2,1-3H3. The van der Waals surface area contributed by atoms with E-state index in [1.165, 1.54) is 0 Å². The van der Waals surface area contributed by atoms with E-state index in [1.807, 2.05) is 13.8 Å². The lowest BCUT2D eigenvalue weighted by Crippen LogP contribution is -2.43. The van der Waals surface area contributed by atoms with Gasteiger partial charge in [-0.15, -0.1) is 0 Å². The maximum atomic E-state index is 11.3. The van der Waals surface area contributed by atoms with E-state index in [1.54, 1.807) is 0 Å². The molecule has 0 bridgehead atoms. The van der Waals surface area contributed by atoms with Crippen molar-refractivity contribution in [1.82, 2.24) is 4.90 Å². The Bertz CT molecular complexity index is 163. The molecule has 0 amide bonds. The molecule has 0 aromatic carbocycles. The summed E-state index contributed by atoms with van der Waals surface area (Å²) in [5.74, 6) is 0.394. The van der Waals surface area contributed by atoms with Crippen LogP contribution in [-0.4, -0.2) is 29.3 Å². The van der Waals surface area contributed by atoms with Gasteiger partial charge in [-0.2, -0.15) is 0 Å². The van der Waals surface area contributed by atoms with Gasteiger partial charge >= 0.3 is 0 Å². The maximum Gasteiger partial charge on any atom is 0.153 e. The first-order valence-electron chi connectivity index (χ1n) is 4.37. The molecule has 1 fully saturated rings. The lowest BCUT2D eigenvalue weighted by atomic mass is 10.0. The smallest absolute Gasteiger partial charge is 0.153 e. The zero-order valence-corrected chi connectivity index (χ0v) is 7.68. The Balaban J connectivity index is 2.62. The summed E-state index contributed by atoms with van der Waals surface area (Å²) in [6, 6.07) is 0. The minimum Gasteiger partial charge on any atom is -0.298 e. The summed E-state index contributed by atoms with van der Waals surface area (Å²) >= 11 is 0. The molecule has 0 atom stereocenters. The first-order chi connectivity index (χ1) is 5.09. The predicted molar refractivity (Wildman–Crippen MR) is 45.6 cm³/mol. The van der Waals surface area contributed by atoms with E-state index in [-0.39, 0.29) is 5.54 Å². The molecule has 1 aliphatic heterocycles. The lowest BCUT2D eigenvalue weighted by Gasteiger charge is -2.29. The first-order valence-corrected chi connectivity index (χ1v) is 4.37. The van der Waals surface area contributed by atoms with E-state index >= 15 is 0 Å². The molecule has 1 rings (SSSR count). The van der Waals surface area contributed by atoms with Crippen molar-refractivity contribution in [2.75, 3.05) is 13.1 Å². The fourth-order valence-electron chi connectivity index (χ4n) is 1.66. The van der Waals surface area contributed by atoms with E-state index in [0.717, 1.165) is 25.9 Å². The molecule has 1 saturated heterocycles. The van der Waals surface area contributed by atoms with Gasteiger partial charge in [0.15, 0.2) is 5.78 Å². The molecule has 0 saturated carbocycles. The molecule has 0 aliphatic carbocycles. The second kappa shape index (κ2) is 2.94. The van der Waals surface area contributed by atoms with Crippen LogP contribution in [0.3, 0.4) is 0 Å². The summed E-state index contributed by atoms with van der Waals surface area (Å²) in [5, 5.41) is 0. The van der Waals surface area contributed by atoms with Gasteiger partial charge in [-0.25, -0.2) is 0 Å². The zero-order valence-electron chi connectivity index (χ0n) is 7.68. The highest BCUT2D eigenvalue weighted by Gasteiger charge is 2.38. The third kappa shape index (κ3) is 1.45. The highest BCUT2D eigenvalue weighted by Crippen LogP contribution is 2.24. The Morgan fingerprint density at radius 1 is 1.55 bits per heavy atom. The Labute approximate surface area is 68.6 Å². The number of hydrogen-bond donors (Lipinski definition) is 0. The summed E-state index contributed by atoms with van der Waals surface area (Å²) in [4.78, 5) is 13.6. The average molecular weight is 155 g/mol.